The molecule has 0 amide bonds. The van der Waals surface area contributed by atoms with E-state index in [2.05, 4.69) is 168 Å². The van der Waals surface area contributed by atoms with Gasteiger partial charge in [0.05, 0.1) is 26.6 Å². The van der Waals surface area contributed by atoms with Crippen LogP contribution in [0.15, 0.2) is 174 Å². The van der Waals surface area contributed by atoms with Gasteiger partial charge in [0.15, 0.2) is 0 Å². The lowest BCUT2D eigenvalue weighted by atomic mass is 9.96. The topological polar surface area (TPSA) is 31.0 Å². The van der Waals surface area contributed by atoms with Crippen LogP contribution in [0.1, 0.15) is 0 Å². The second kappa shape index (κ2) is 11.0. The van der Waals surface area contributed by atoms with Crippen LogP contribution in [-0.2, 0) is 0 Å². The summed E-state index contributed by atoms with van der Waals surface area (Å²) in [5.41, 5.74) is 12.0. The van der Waals surface area contributed by atoms with E-state index in [0.717, 1.165) is 59.5 Å². The molecule has 0 aliphatic heterocycles. The third-order valence-electron chi connectivity index (χ3n) is 10.2. The third kappa shape index (κ3) is 4.40. The van der Waals surface area contributed by atoms with Crippen molar-refractivity contribution in [1.82, 2.24) is 9.55 Å². The number of nitrogens with zero attached hydrogens (tertiary/aromatic N) is 2. The molecule has 0 fully saturated rings. The molecule has 4 heteroatoms. The summed E-state index contributed by atoms with van der Waals surface area (Å²) in [6.45, 7) is 0. The lowest BCUT2D eigenvalue weighted by molar-refractivity contribution is 0.670. The van der Waals surface area contributed by atoms with Crippen molar-refractivity contribution in [2.75, 3.05) is 0 Å². The maximum Gasteiger partial charge on any atom is 0.145 e. The van der Waals surface area contributed by atoms with E-state index in [1.165, 1.54) is 43.7 Å². The number of rotatable bonds is 4. The minimum absolute atomic E-state index is 0.875. The molecule has 238 valence electrons. The summed E-state index contributed by atoms with van der Waals surface area (Å²) < 4.78 is 10.1. The van der Waals surface area contributed by atoms with Crippen LogP contribution in [-0.4, -0.2) is 9.55 Å². The van der Waals surface area contributed by atoms with Crippen molar-refractivity contribution in [3.63, 3.8) is 0 Å². The van der Waals surface area contributed by atoms with Crippen molar-refractivity contribution in [3.05, 3.63) is 170 Å². The molecule has 0 saturated carbocycles. The predicted molar refractivity (Wildman–Crippen MR) is 215 cm³/mol. The van der Waals surface area contributed by atoms with E-state index in [4.69, 9.17) is 9.40 Å². The number of benzene rings is 8. The second-order valence-corrected chi connectivity index (χ2v) is 14.2. The zero-order valence-corrected chi connectivity index (χ0v) is 28.2. The quantitative estimate of drug-likeness (QED) is 0.187. The van der Waals surface area contributed by atoms with Gasteiger partial charge in [-0.2, -0.15) is 0 Å². The number of aromatic nitrogens is 2. The van der Waals surface area contributed by atoms with Gasteiger partial charge in [-0.05, 0) is 88.1 Å². The summed E-state index contributed by atoms with van der Waals surface area (Å²) in [5.74, 6) is 0. The summed E-state index contributed by atoms with van der Waals surface area (Å²) in [5, 5.41) is 8.09. The highest BCUT2D eigenvalue weighted by Gasteiger charge is 2.20. The molecule has 0 unspecified atom stereocenters. The molecule has 0 bridgehead atoms. The Morgan fingerprint density at radius 3 is 1.84 bits per heavy atom. The monoisotopic (exact) mass is 668 g/mol. The van der Waals surface area contributed by atoms with Crippen molar-refractivity contribution >= 4 is 76.1 Å². The average Bonchev–Trinajstić information content (AvgIpc) is 3.90. The SMILES string of the molecule is c1ccc(-c2ccc3cc(-c4cc5sc(-c6ccc(-n7c8ccccc8c8ccccc87)cc6)nc5c5c4oc4ccccc45)ccc3c2)cc1. The van der Waals surface area contributed by atoms with E-state index in [1.54, 1.807) is 11.3 Å². The summed E-state index contributed by atoms with van der Waals surface area (Å²) in [7, 11) is 0. The molecule has 0 atom stereocenters. The zero-order valence-electron chi connectivity index (χ0n) is 27.4. The van der Waals surface area contributed by atoms with Gasteiger partial charge in [-0.1, -0.05) is 109 Å². The third-order valence-corrected chi connectivity index (χ3v) is 11.3. The largest absolute Gasteiger partial charge is 0.455 e. The van der Waals surface area contributed by atoms with Crippen LogP contribution in [0, 0.1) is 0 Å². The Hall–Kier alpha value is -6.49. The molecule has 0 spiro atoms. The number of hydrogen-bond acceptors (Lipinski definition) is 3. The highest BCUT2D eigenvalue weighted by atomic mass is 32.1. The molecule has 11 rings (SSSR count). The van der Waals surface area contributed by atoms with Gasteiger partial charge in [-0.3, -0.25) is 0 Å². The van der Waals surface area contributed by atoms with Crippen molar-refractivity contribution in [2.24, 2.45) is 0 Å². The van der Waals surface area contributed by atoms with E-state index in [0.29, 0.717) is 0 Å². The minimum atomic E-state index is 0.875. The molecule has 0 aliphatic carbocycles. The van der Waals surface area contributed by atoms with Gasteiger partial charge in [0, 0.05) is 33.0 Å². The summed E-state index contributed by atoms with van der Waals surface area (Å²) in [4.78, 5) is 5.30. The first-order chi connectivity index (χ1) is 25.3. The van der Waals surface area contributed by atoms with E-state index >= 15 is 0 Å². The average molecular weight is 669 g/mol. The van der Waals surface area contributed by atoms with E-state index < -0.39 is 0 Å². The molecule has 0 radical (unpaired) electrons. The Morgan fingerprint density at radius 2 is 1.10 bits per heavy atom. The molecule has 8 aromatic carbocycles. The molecule has 0 saturated heterocycles. The first kappa shape index (κ1) is 28.4. The van der Waals surface area contributed by atoms with Crippen LogP contribution < -0.4 is 0 Å². The van der Waals surface area contributed by atoms with Crippen molar-refractivity contribution in [3.8, 4) is 38.5 Å². The molecule has 3 heterocycles. The van der Waals surface area contributed by atoms with Gasteiger partial charge < -0.3 is 8.98 Å². The summed E-state index contributed by atoms with van der Waals surface area (Å²) in [6, 6.07) is 60.7. The van der Waals surface area contributed by atoms with E-state index in [-0.39, 0.29) is 0 Å². The first-order valence-corrected chi connectivity index (χ1v) is 18.0. The van der Waals surface area contributed by atoms with Gasteiger partial charge >= 0.3 is 0 Å². The molecule has 0 N–H and O–H groups in total. The normalized spacial score (nSPS) is 11.9. The van der Waals surface area contributed by atoms with Gasteiger partial charge in [-0.15, -0.1) is 11.3 Å². The number of hydrogen-bond donors (Lipinski definition) is 0. The molecule has 51 heavy (non-hydrogen) atoms. The second-order valence-electron chi connectivity index (χ2n) is 13.2. The lowest BCUT2D eigenvalue weighted by Gasteiger charge is -2.08. The lowest BCUT2D eigenvalue weighted by Crippen LogP contribution is -1.93. The summed E-state index contributed by atoms with van der Waals surface area (Å²) in [6.07, 6.45) is 0. The Morgan fingerprint density at radius 1 is 0.490 bits per heavy atom. The Kier molecular flexibility index (Phi) is 6.12. The zero-order chi connectivity index (χ0) is 33.5. The van der Waals surface area contributed by atoms with Crippen LogP contribution in [0.25, 0.3) is 103 Å². The van der Waals surface area contributed by atoms with Crippen LogP contribution in [0.4, 0.5) is 0 Å². The Bertz CT molecular complexity index is 3080. The van der Waals surface area contributed by atoms with Crippen molar-refractivity contribution in [2.45, 2.75) is 0 Å². The standard InChI is InChI=1S/C47H28N2OS/c1-2-10-29(11-3-1)31-18-19-33-27-34(21-20-32(33)26-31)39-28-43-45(44-38-14-6-9-17-42(38)50-46(39)44)48-47(51-43)30-22-24-35(25-23-30)49-40-15-7-4-12-36(40)37-13-5-8-16-41(37)49/h1-28H. The number of fused-ring (bicyclic) bond motifs is 9. The molecular formula is C47H28N2OS. The van der Waals surface area contributed by atoms with Crippen LogP contribution in [0.2, 0.25) is 0 Å². The molecular weight excluding hydrogens is 641 g/mol. The van der Waals surface area contributed by atoms with Gasteiger partial charge in [0.25, 0.3) is 0 Å². The fourth-order valence-electron chi connectivity index (χ4n) is 7.79. The minimum Gasteiger partial charge on any atom is -0.455 e. The maximum absolute atomic E-state index is 6.64. The van der Waals surface area contributed by atoms with Crippen LogP contribution >= 0.6 is 11.3 Å². The van der Waals surface area contributed by atoms with Crippen molar-refractivity contribution in [1.29, 1.82) is 0 Å². The molecule has 11 aromatic rings. The first-order valence-electron chi connectivity index (χ1n) is 17.2. The fraction of sp³-hybridized carbons (Fsp3) is 0. The van der Waals surface area contributed by atoms with Crippen LogP contribution in [0.5, 0.6) is 0 Å². The smallest absolute Gasteiger partial charge is 0.145 e. The Labute approximate surface area is 297 Å². The van der Waals surface area contributed by atoms with E-state index in [1.807, 2.05) is 6.07 Å². The molecule has 3 nitrogen and oxygen atoms in total. The Balaban J connectivity index is 1.05. The number of para-hydroxylation sites is 3. The maximum atomic E-state index is 6.64. The number of thiazole rings is 1. The molecule has 0 aliphatic rings. The highest BCUT2D eigenvalue weighted by Crippen LogP contribution is 2.44. The number of furan rings is 1. The van der Waals surface area contributed by atoms with E-state index in [9.17, 15) is 0 Å². The summed E-state index contributed by atoms with van der Waals surface area (Å²) >= 11 is 1.74. The molecule has 3 aromatic heterocycles. The van der Waals surface area contributed by atoms with Gasteiger partial charge in [0.2, 0.25) is 0 Å². The predicted octanol–water partition coefficient (Wildman–Crippen LogP) is 13.4. The van der Waals surface area contributed by atoms with Gasteiger partial charge in [0.1, 0.15) is 16.2 Å². The fourth-order valence-corrected chi connectivity index (χ4v) is 8.81. The van der Waals surface area contributed by atoms with Crippen molar-refractivity contribution < 1.29 is 4.42 Å². The van der Waals surface area contributed by atoms with Crippen LogP contribution in [0.3, 0.4) is 0 Å². The van der Waals surface area contributed by atoms with Gasteiger partial charge in [-0.25, -0.2) is 4.98 Å². The highest BCUT2D eigenvalue weighted by molar-refractivity contribution is 7.21.